The lowest BCUT2D eigenvalue weighted by atomic mass is 9.98. The molecule has 8 heteroatoms. The molecule has 0 fully saturated rings. The third kappa shape index (κ3) is 6.55. The fourth-order valence-corrected chi connectivity index (χ4v) is 2.89. The fraction of sp³-hybridized carbons (Fsp3) is 0.0800. The van der Waals surface area contributed by atoms with Crippen molar-refractivity contribution in [1.29, 1.82) is 5.26 Å². The van der Waals surface area contributed by atoms with Crippen LogP contribution in [0.2, 0.25) is 0 Å². The molecule has 0 N–H and O–H groups in total. The third-order valence-electron chi connectivity index (χ3n) is 4.34. The highest BCUT2D eigenvalue weighted by Gasteiger charge is 2.29. The highest BCUT2D eigenvalue weighted by molar-refractivity contribution is 5.98. The van der Waals surface area contributed by atoms with Gasteiger partial charge in [-0.3, -0.25) is 0 Å². The number of ether oxygens (including phenoxy) is 2. The van der Waals surface area contributed by atoms with Crippen molar-refractivity contribution in [2.75, 3.05) is 6.61 Å². The molecule has 0 radical (unpaired) electrons. The maximum atomic E-state index is 12.8. The average Bonchev–Trinajstić information content (AvgIpc) is 2.81. The molecule has 0 spiro atoms. The van der Waals surface area contributed by atoms with Gasteiger partial charge in [0.1, 0.15) is 11.8 Å². The summed E-state index contributed by atoms with van der Waals surface area (Å²) in [6.07, 6.45) is -2.40. The quantitative estimate of drug-likeness (QED) is 0.279. The van der Waals surface area contributed by atoms with Crippen LogP contribution in [0.1, 0.15) is 21.5 Å². The molecule has 0 atom stereocenters. The van der Waals surface area contributed by atoms with Crippen molar-refractivity contribution in [3.05, 3.63) is 95.6 Å². The Bertz CT molecular complexity index is 1240. The summed E-state index contributed by atoms with van der Waals surface area (Å²) in [6.45, 7) is -1.67. The van der Waals surface area contributed by atoms with Crippen molar-refractivity contribution in [3.8, 4) is 22.9 Å². The minimum absolute atomic E-state index is 0.133. The zero-order valence-electron chi connectivity index (χ0n) is 17.0. The Labute approximate surface area is 187 Å². The van der Waals surface area contributed by atoms with Crippen LogP contribution in [0, 0.1) is 11.3 Å². The van der Waals surface area contributed by atoms with E-state index in [-0.39, 0.29) is 16.9 Å². The van der Waals surface area contributed by atoms with Gasteiger partial charge in [0, 0.05) is 6.08 Å². The maximum Gasteiger partial charge on any atom is 0.422 e. The first-order chi connectivity index (χ1) is 15.8. The number of halogens is 3. The number of alkyl halides is 3. The van der Waals surface area contributed by atoms with Crippen molar-refractivity contribution >= 4 is 18.0 Å². The lowest BCUT2D eigenvalue weighted by molar-refractivity contribution is -0.182. The Balaban J connectivity index is 1.82. The van der Waals surface area contributed by atoms with E-state index in [9.17, 15) is 28.0 Å². The van der Waals surface area contributed by atoms with Gasteiger partial charge in [0.05, 0.1) is 11.1 Å². The molecule has 166 valence electrons. The first-order valence-corrected chi connectivity index (χ1v) is 9.59. The van der Waals surface area contributed by atoms with Gasteiger partial charge in [-0.15, -0.1) is 0 Å². The van der Waals surface area contributed by atoms with Crippen molar-refractivity contribution < 1.29 is 32.2 Å². The standard InChI is InChI=1S/C25H16F3NO4/c26-25(27,28)16-32-23(30)13-12-17-6-5-8-18(14-17)20-9-2-3-10-21(20)24(31)33-22-11-4-1-7-19(22)15-29/h1-14H,16H2/b13-12+. The Morgan fingerprint density at radius 1 is 0.970 bits per heavy atom. The molecule has 3 rings (SSSR count). The van der Waals surface area contributed by atoms with Crippen LogP contribution in [0.25, 0.3) is 17.2 Å². The molecular formula is C25H16F3NO4. The molecule has 0 heterocycles. The van der Waals surface area contributed by atoms with Crippen LogP contribution in [0.5, 0.6) is 5.75 Å². The summed E-state index contributed by atoms with van der Waals surface area (Å²) < 4.78 is 46.0. The van der Waals surface area contributed by atoms with Gasteiger partial charge in [0.15, 0.2) is 6.61 Å². The molecule has 0 saturated heterocycles. The molecule has 0 aromatic heterocycles. The summed E-state index contributed by atoms with van der Waals surface area (Å²) >= 11 is 0. The highest BCUT2D eigenvalue weighted by Crippen LogP contribution is 2.27. The number of nitriles is 1. The Morgan fingerprint density at radius 3 is 2.45 bits per heavy atom. The summed E-state index contributed by atoms with van der Waals surface area (Å²) in [5, 5.41) is 9.19. The van der Waals surface area contributed by atoms with Gasteiger partial charge < -0.3 is 9.47 Å². The van der Waals surface area contributed by atoms with E-state index in [2.05, 4.69) is 4.74 Å². The lowest BCUT2D eigenvalue weighted by Crippen LogP contribution is -2.19. The molecule has 0 unspecified atom stereocenters. The number of hydrogen-bond acceptors (Lipinski definition) is 5. The molecule has 33 heavy (non-hydrogen) atoms. The fourth-order valence-electron chi connectivity index (χ4n) is 2.89. The Hall–Kier alpha value is -4.38. The smallest absolute Gasteiger partial charge is 0.422 e. The second kappa shape index (κ2) is 10.3. The predicted octanol–water partition coefficient (Wildman–Crippen LogP) is 5.56. The van der Waals surface area contributed by atoms with E-state index in [0.717, 1.165) is 6.08 Å². The number of benzene rings is 3. The molecule has 0 aliphatic rings. The van der Waals surface area contributed by atoms with Crippen LogP contribution >= 0.6 is 0 Å². The molecule has 0 aliphatic carbocycles. The summed E-state index contributed by atoms with van der Waals surface area (Å²) in [6, 6.07) is 21.7. The van der Waals surface area contributed by atoms with E-state index in [0.29, 0.717) is 16.7 Å². The van der Waals surface area contributed by atoms with Crippen LogP contribution in [0.4, 0.5) is 13.2 Å². The topological polar surface area (TPSA) is 76.4 Å². The number of para-hydroxylation sites is 1. The van der Waals surface area contributed by atoms with E-state index in [1.807, 2.05) is 6.07 Å². The molecule has 5 nitrogen and oxygen atoms in total. The minimum atomic E-state index is -4.60. The second-order valence-electron chi connectivity index (χ2n) is 6.72. The normalized spacial score (nSPS) is 11.1. The molecule has 0 saturated carbocycles. The van der Waals surface area contributed by atoms with E-state index in [4.69, 9.17) is 4.74 Å². The number of carbonyl (C=O) groups excluding carboxylic acids is 2. The van der Waals surface area contributed by atoms with Crippen molar-refractivity contribution in [3.63, 3.8) is 0 Å². The van der Waals surface area contributed by atoms with Gasteiger partial charge in [0.2, 0.25) is 0 Å². The highest BCUT2D eigenvalue weighted by atomic mass is 19.4. The van der Waals surface area contributed by atoms with Gasteiger partial charge in [-0.1, -0.05) is 48.5 Å². The number of rotatable bonds is 6. The van der Waals surface area contributed by atoms with E-state index < -0.39 is 24.7 Å². The average molecular weight is 451 g/mol. The largest absolute Gasteiger partial charge is 0.453 e. The summed E-state index contributed by atoms with van der Waals surface area (Å²) in [5.74, 6) is -1.66. The van der Waals surface area contributed by atoms with Gasteiger partial charge >= 0.3 is 18.1 Å². The van der Waals surface area contributed by atoms with Crippen molar-refractivity contribution in [2.24, 2.45) is 0 Å². The van der Waals surface area contributed by atoms with Crippen LogP contribution in [-0.2, 0) is 9.53 Å². The molecule has 0 amide bonds. The summed E-state index contributed by atoms with van der Waals surface area (Å²) in [4.78, 5) is 24.3. The zero-order valence-corrected chi connectivity index (χ0v) is 17.0. The minimum Gasteiger partial charge on any atom is -0.453 e. The molecular weight excluding hydrogens is 435 g/mol. The second-order valence-corrected chi connectivity index (χ2v) is 6.72. The molecule has 3 aromatic rings. The first-order valence-electron chi connectivity index (χ1n) is 9.59. The Morgan fingerprint density at radius 2 is 1.70 bits per heavy atom. The Kier molecular flexibility index (Phi) is 7.26. The van der Waals surface area contributed by atoms with E-state index in [1.54, 1.807) is 60.7 Å². The van der Waals surface area contributed by atoms with E-state index in [1.165, 1.54) is 18.2 Å². The molecule has 3 aromatic carbocycles. The third-order valence-corrected chi connectivity index (χ3v) is 4.34. The zero-order chi connectivity index (χ0) is 23.8. The predicted molar refractivity (Wildman–Crippen MR) is 114 cm³/mol. The SMILES string of the molecule is N#Cc1ccccc1OC(=O)c1ccccc1-c1cccc(/C=C/C(=O)OCC(F)(F)F)c1. The first kappa shape index (κ1) is 23.3. The molecule has 0 aliphatic heterocycles. The van der Waals surface area contributed by atoms with Gasteiger partial charge in [0.25, 0.3) is 0 Å². The van der Waals surface area contributed by atoms with Crippen molar-refractivity contribution in [1.82, 2.24) is 0 Å². The maximum absolute atomic E-state index is 12.8. The number of esters is 2. The summed E-state index contributed by atoms with van der Waals surface area (Å²) in [5.41, 5.74) is 2.12. The number of carbonyl (C=O) groups is 2. The van der Waals surface area contributed by atoms with E-state index >= 15 is 0 Å². The van der Waals surface area contributed by atoms with Gasteiger partial charge in [-0.2, -0.15) is 18.4 Å². The van der Waals surface area contributed by atoms with Crippen molar-refractivity contribution in [2.45, 2.75) is 6.18 Å². The number of nitrogens with zero attached hydrogens (tertiary/aromatic N) is 1. The lowest BCUT2D eigenvalue weighted by Gasteiger charge is -2.11. The van der Waals surface area contributed by atoms with Crippen LogP contribution in [0.3, 0.4) is 0 Å². The monoisotopic (exact) mass is 451 g/mol. The van der Waals surface area contributed by atoms with Crippen LogP contribution in [0.15, 0.2) is 78.9 Å². The van der Waals surface area contributed by atoms with Gasteiger partial charge in [-0.05, 0) is 47.0 Å². The number of hydrogen-bond donors (Lipinski definition) is 0. The summed E-state index contributed by atoms with van der Waals surface area (Å²) in [7, 11) is 0. The van der Waals surface area contributed by atoms with Gasteiger partial charge in [-0.25, -0.2) is 9.59 Å². The van der Waals surface area contributed by atoms with Crippen LogP contribution in [-0.4, -0.2) is 24.7 Å². The molecule has 0 bridgehead atoms. The van der Waals surface area contributed by atoms with Crippen LogP contribution < -0.4 is 4.74 Å².